The summed E-state index contributed by atoms with van der Waals surface area (Å²) in [5.41, 5.74) is 2.35. The molecule has 0 bridgehead atoms. The summed E-state index contributed by atoms with van der Waals surface area (Å²) in [6.07, 6.45) is 4.58. The van der Waals surface area contributed by atoms with Gasteiger partial charge in [0.25, 0.3) is 0 Å². The lowest BCUT2D eigenvalue weighted by Crippen LogP contribution is -2.39. The van der Waals surface area contributed by atoms with Gasteiger partial charge in [-0.1, -0.05) is 24.6 Å². The number of carbonyl (C=O) groups is 1. The molecule has 1 aliphatic heterocycles. The number of rotatable bonds is 0. The Labute approximate surface area is 96.5 Å². The fraction of sp³-hybridized carbons (Fsp3) is 0.462. The normalized spacial score (nSPS) is 15.9. The number of carbonyl (C=O) groups excluding carboxylic acids is 1. The first-order chi connectivity index (χ1) is 7.83. The zero-order valence-corrected chi connectivity index (χ0v) is 9.70. The topological polar surface area (TPSA) is 32.3 Å². The molecule has 0 aliphatic carbocycles. The number of hydrogen-bond donors (Lipinski definition) is 1. The van der Waals surface area contributed by atoms with Crippen LogP contribution in [0.4, 0.5) is 10.5 Å². The molecule has 1 aliphatic rings. The second-order valence-electron chi connectivity index (χ2n) is 4.15. The summed E-state index contributed by atoms with van der Waals surface area (Å²) in [4.78, 5) is 13.7. The van der Waals surface area contributed by atoms with Gasteiger partial charge in [0.2, 0.25) is 0 Å². The Morgan fingerprint density at radius 3 is 2.88 bits per heavy atom. The molecule has 0 radical (unpaired) electrons. The van der Waals surface area contributed by atoms with Crippen molar-refractivity contribution in [2.24, 2.45) is 0 Å². The maximum absolute atomic E-state index is 11.8. The van der Waals surface area contributed by atoms with Crippen molar-refractivity contribution in [3.63, 3.8) is 0 Å². The lowest BCUT2D eigenvalue weighted by atomic mass is 10.0. The summed E-state index contributed by atoms with van der Waals surface area (Å²) >= 11 is 0. The molecule has 1 N–H and O–H groups in total. The van der Waals surface area contributed by atoms with E-state index < -0.39 is 0 Å². The number of urea groups is 1. The Balaban J connectivity index is 2.35. The van der Waals surface area contributed by atoms with Gasteiger partial charge in [0.05, 0.1) is 0 Å². The van der Waals surface area contributed by atoms with Gasteiger partial charge in [0.1, 0.15) is 0 Å². The maximum atomic E-state index is 11.8. The van der Waals surface area contributed by atoms with E-state index in [0.717, 1.165) is 25.1 Å². The van der Waals surface area contributed by atoms with E-state index in [0.29, 0.717) is 0 Å². The molecular weight excluding hydrogens is 200 g/mol. The van der Waals surface area contributed by atoms with Crippen LogP contribution in [0.2, 0.25) is 0 Å². The number of fused-ring (bicyclic) bond motifs is 1. The van der Waals surface area contributed by atoms with Crippen molar-refractivity contribution < 1.29 is 4.79 Å². The standard InChI is InChI=1S/C13H18N2O/c1-14-13(16)15-10-6-2-3-7-11-8-4-5-9-12(11)15/h4-5,8-9H,2-3,6-7,10H2,1H3,(H,14,16). The van der Waals surface area contributed by atoms with E-state index in [-0.39, 0.29) is 6.03 Å². The molecule has 0 atom stereocenters. The van der Waals surface area contributed by atoms with E-state index in [1.165, 1.54) is 18.4 Å². The van der Waals surface area contributed by atoms with Gasteiger partial charge in [0, 0.05) is 19.3 Å². The summed E-state index contributed by atoms with van der Waals surface area (Å²) in [5.74, 6) is 0. The van der Waals surface area contributed by atoms with Gasteiger partial charge in [-0.2, -0.15) is 0 Å². The molecule has 3 heteroatoms. The van der Waals surface area contributed by atoms with Crippen molar-refractivity contribution in [1.29, 1.82) is 0 Å². The second-order valence-corrected chi connectivity index (χ2v) is 4.15. The Morgan fingerprint density at radius 2 is 2.06 bits per heavy atom. The maximum Gasteiger partial charge on any atom is 0.321 e. The average molecular weight is 218 g/mol. The molecule has 0 unspecified atom stereocenters. The molecular formula is C13H18N2O. The molecule has 16 heavy (non-hydrogen) atoms. The molecule has 1 heterocycles. The predicted octanol–water partition coefficient (Wildman–Crippen LogP) is 2.56. The second kappa shape index (κ2) is 5.01. The monoisotopic (exact) mass is 218 g/mol. The smallest absolute Gasteiger partial charge is 0.321 e. The number of aryl methyl sites for hydroxylation is 1. The van der Waals surface area contributed by atoms with Gasteiger partial charge in [-0.15, -0.1) is 0 Å². The molecule has 2 rings (SSSR count). The highest BCUT2D eigenvalue weighted by atomic mass is 16.2. The van der Waals surface area contributed by atoms with E-state index >= 15 is 0 Å². The lowest BCUT2D eigenvalue weighted by molar-refractivity contribution is 0.248. The van der Waals surface area contributed by atoms with Crippen molar-refractivity contribution >= 4 is 11.7 Å². The number of nitrogens with one attached hydrogen (secondary N) is 1. The van der Waals surface area contributed by atoms with Crippen molar-refractivity contribution in [2.75, 3.05) is 18.5 Å². The summed E-state index contributed by atoms with van der Waals surface area (Å²) < 4.78 is 0. The molecule has 3 nitrogen and oxygen atoms in total. The lowest BCUT2D eigenvalue weighted by Gasteiger charge is -2.26. The minimum atomic E-state index is -0.00523. The van der Waals surface area contributed by atoms with Crippen LogP contribution in [-0.2, 0) is 6.42 Å². The van der Waals surface area contributed by atoms with Crippen LogP contribution in [0.25, 0.3) is 0 Å². The number of para-hydroxylation sites is 1. The van der Waals surface area contributed by atoms with Crippen LogP contribution in [0.3, 0.4) is 0 Å². The van der Waals surface area contributed by atoms with E-state index in [9.17, 15) is 4.79 Å². The fourth-order valence-electron chi connectivity index (χ4n) is 2.21. The van der Waals surface area contributed by atoms with Crippen LogP contribution in [0.1, 0.15) is 24.8 Å². The summed E-state index contributed by atoms with van der Waals surface area (Å²) in [7, 11) is 1.68. The third-order valence-corrected chi connectivity index (χ3v) is 3.07. The van der Waals surface area contributed by atoms with Crippen molar-refractivity contribution in [3.8, 4) is 0 Å². The first-order valence-corrected chi connectivity index (χ1v) is 5.90. The molecule has 1 aromatic carbocycles. The van der Waals surface area contributed by atoms with Gasteiger partial charge >= 0.3 is 6.03 Å². The number of hydrogen-bond acceptors (Lipinski definition) is 1. The molecule has 0 saturated heterocycles. The van der Waals surface area contributed by atoms with Crippen molar-refractivity contribution in [1.82, 2.24) is 5.32 Å². The quantitative estimate of drug-likeness (QED) is 0.713. The number of benzene rings is 1. The minimum Gasteiger partial charge on any atom is -0.341 e. The average Bonchev–Trinajstić information content (AvgIpc) is 2.29. The van der Waals surface area contributed by atoms with E-state index in [1.54, 1.807) is 7.05 Å². The van der Waals surface area contributed by atoms with Gasteiger partial charge in [0.15, 0.2) is 0 Å². The van der Waals surface area contributed by atoms with E-state index in [1.807, 2.05) is 23.1 Å². The highest BCUT2D eigenvalue weighted by Crippen LogP contribution is 2.25. The van der Waals surface area contributed by atoms with Crippen molar-refractivity contribution in [2.45, 2.75) is 25.7 Å². The van der Waals surface area contributed by atoms with Crippen molar-refractivity contribution in [3.05, 3.63) is 29.8 Å². The molecule has 0 spiro atoms. The Kier molecular flexibility index (Phi) is 3.44. The van der Waals surface area contributed by atoms with Crippen LogP contribution < -0.4 is 10.2 Å². The van der Waals surface area contributed by atoms with Gasteiger partial charge in [-0.05, 0) is 30.9 Å². The minimum absolute atomic E-state index is 0.00523. The van der Waals surface area contributed by atoms with Crippen LogP contribution in [0.15, 0.2) is 24.3 Å². The SMILES string of the molecule is CNC(=O)N1CCCCCc2ccccc21. The highest BCUT2D eigenvalue weighted by molar-refractivity contribution is 5.92. The Morgan fingerprint density at radius 1 is 1.25 bits per heavy atom. The molecule has 86 valence electrons. The summed E-state index contributed by atoms with van der Waals surface area (Å²) in [6, 6.07) is 8.19. The number of anilines is 1. The van der Waals surface area contributed by atoms with Gasteiger partial charge < -0.3 is 5.32 Å². The van der Waals surface area contributed by atoms with Crippen LogP contribution >= 0.6 is 0 Å². The zero-order valence-electron chi connectivity index (χ0n) is 9.70. The van der Waals surface area contributed by atoms with Gasteiger partial charge in [-0.25, -0.2) is 4.79 Å². The largest absolute Gasteiger partial charge is 0.341 e. The highest BCUT2D eigenvalue weighted by Gasteiger charge is 2.18. The third-order valence-electron chi connectivity index (χ3n) is 3.07. The zero-order chi connectivity index (χ0) is 11.4. The Bertz CT molecular complexity index is 376. The van der Waals surface area contributed by atoms with Gasteiger partial charge in [-0.3, -0.25) is 4.90 Å². The van der Waals surface area contributed by atoms with Crippen LogP contribution in [-0.4, -0.2) is 19.6 Å². The van der Waals surface area contributed by atoms with Crippen LogP contribution in [0.5, 0.6) is 0 Å². The summed E-state index contributed by atoms with van der Waals surface area (Å²) in [6.45, 7) is 0.816. The molecule has 0 saturated carbocycles. The third kappa shape index (κ3) is 2.18. The van der Waals surface area contributed by atoms with E-state index in [4.69, 9.17) is 0 Å². The Hall–Kier alpha value is -1.51. The molecule has 1 aromatic rings. The molecule has 2 amide bonds. The van der Waals surface area contributed by atoms with E-state index in [2.05, 4.69) is 11.4 Å². The number of nitrogens with zero attached hydrogens (tertiary/aromatic N) is 1. The summed E-state index contributed by atoms with van der Waals surface area (Å²) in [5, 5.41) is 2.71. The number of amides is 2. The first kappa shape index (κ1) is 11.0. The molecule has 0 fully saturated rings. The molecule has 0 aromatic heterocycles. The fourth-order valence-corrected chi connectivity index (χ4v) is 2.21. The van der Waals surface area contributed by atoms with Crippen LogP contribution in [0, 0.1) is 0 Å². The predicted molar refractivity (Wildman–Crippen MR) is 65.8 cm³/mol. The first-order valence-electron chi connectivity index (χ1n) is 5.90.